The number of aromatic nitrogens is 2. The van der Waals surface area contributed by atoms with Crippen molar-refractivity contribution in [1.29, 1.82) is 5.26 Å². The SMILES string of the molecule is CC1(C)Oc2ccc(C#N)cc2[C@@H](N=c2[nH][s+]([O-])nc2N)[C@@H]1O. The number of nitriles is 1. The average molecular weight is 333 g/mol. The van der Waals surface area contributed by atoms with E-state index in [1.54, 1.807) is 32.0 Å². The van der Waals surface area contributed by atoms with Gasteiger partial charge in [-0.15, -0.1) is 4.37 Å². The second kappa shape index (κ2) is 5.34. The van der Waals surface area contributed by atoms with Crippen LogP contribution in [0.3, 0.4) is 0 Å². The number of fused-ring (bicyclic) bond motifs is 1. The number of aromatic amines is 1. The van der Waals surface area contributed by atoms with E-state index in [2.05, 4.69) is 13.7 Å². The highest BCUT2D eigenvalue weighted by molar-refractivity contribution is 7.13. The number of ether oxygens (including phenoxy) is 1. The number of H-pyrrole nitrogens is 1. The Morgan fingerprint density at radius 2 is 2.30 bits per heavy atom. The van der Waals surface area contributed by atoms with Gasteiger partial charge in [0.25, 0.3) is 0 Å². The molecule has 1 aromatic carbocycles. The minimum absolute atomic E-state index is 0.0119. The fraction of sp³-hybridized carbons (Fsp3) is 0.357. The van der Waals surface area contributed by atoms with Gasteiger partial charge in [-0.05, 0) is 32.0 Å². The minimum atomic E-state index is -1.66. The van der Waals surface area contributed by atoms with E-state index in [9.17, 15) is 9.66 Å². The number of nitrogens with two attached hydrogens (primary N) is 1. The van der Waals surface area contributed by atoms with Gasteiger partial charge in [0.1, 0.15) is 23.5 Å². The predicted octanol–water partition coefficient (Wildman–Crippen LogP) is 0.765. The van der Waals surface area contributed by atoms with Crippen LogP contribution >= 0.6 is 11.1 Å². The van der Waals surface area contributed by atoms with Crippen molar-refractivity contribution in [3.05, 3.63) is 34.8 Å². The molecule has 0 aliphatic carbocycles. The van der Waals surface area contributed by atoms with E-state index < -0.39 is 28.9 Å². The summed E-state index contributed by atoms with van der Waals surface area (Å²) >= 11 is -1.66. The van der Waals surface area contributed by atoms with Crippen LogP contribution in [0.5, 0.6) is 5.75 Å². The van der Waals surface area contributed by atoms with Crippen molar-refractivity contribution in [2.75, 3.05) is 5.73 Å². The molecule has 9 heteroatoms. The molecule has 0 spiro atoms. The Balaban J connectivity index is 2.20. The maximum atomic E-state index is 11.4. The average Bonchev–Trinajstić information content (AvgIpc) is 2.81. The van der Waals surface area contributed by atoms with Gasteiger partial charge in [-0.3, -0.25) is 4.99 Å². The molecular formula is C14H15N5O3S. The standard InChI is InChI=1S/C14H15N5O3S/c1-14(2)11(20)10(17-13-12(16)18-23(21)19-13)8-5-7(6-15)3-4-9(8)22-14/h3-5,10-11,20H,1-2H3,(H2,16,18)(H,17,19)/t10-,11+,23?/m1/s1. The lowest BCUT2D eigenvalue weighted by Crippen LogP contribution is -2.48. The normalized spacial score (nSPS) is 23.8. The summed E-state index contributed by atoms with van der Waals surface area (Å²) in [5.74, 6) is 0.543. The van der Waals surface area contributed by atoms with Crippen molar-refractivity contribution in [2.24, 2.45) is 4.99 Å². The molecule has 0 fully saturated rings. The van der Waals surface area contributed by atoms with Crippen LogP contribution in [0.1, 0.15) is 31.0 Å². The second-order valence-electron chi connectivity index (χ2n) is 5.77. The Hall–Kier alpha value is -2.41. The highest BCUT2D eigenvalue weighted by Crippen LogP contribution is 2.42. The van der Waals surface area contributed by atoms with Crippen molar-refractivity contribution in [3.8, 4) is 11.8 Å². The topological polar surface area (TPSA) is 143 Å². The molecule has 2 aromatic rings. The van der Waals surface area contributed by atoms with Crippen molar-refractivity contribution in [1.82, 2.24) is 8.75 Å². The monoisotopic (exact) mass is 333 g/mol. The van der Waals surface area contributed by atoms with Gasteiger partial charge < -0.3 is 20.1 Å². The smallest absolute Gasteiger partial charge is 0.229 e. The van der Waals surface area contributed by atoms with E-state index >= 15 is 0 Å². The fourth-order valence-electron chi connectivity index (χ4n) is 2.50. The Bertz CT molecular complexity index is 864. The third-order valence-electron chi connectivity index (χ3n) is 3.72. The van der Waals surface area contributed by atoms with Crippen LogP contribution in [0.15, 0.2) is 23.2 Å². The summed E-state index contributed by atoms with van der Waals surface area (Å²) in [4.78, 5) is 4.38. The number of aliphatic hydroxyl groups is 1. The molecule has 23 heavy (non-hydrogen) atoms. The van der Waals surface area contributed by atoms with Gasteiger partial charge in [0.05, 0.1) is 11.6 Å². The Labute approximate surface area is 135 Å². The molecule has 1 unspecified atom stereocenters. The van der Waals surface area contributed by atoms with Gasteiger partial charge in [0.15, 0.2) is 11.1 Å². The summed E-state index contributed by atoms with van der Waals surface area (Å²) in [7, 11) is 0. The molecule has 0 radical (unpaired) electrons. The zero-order valence-electron chi connectivity index (χ0n) is 12.5. The van der Waals surface area contributed by atoms with Crippen molar-refractivity contribution in [2.45, 2.75) is 31.6 Å². The van der Waals surface area contributed by atoms with Gasteiger partial charge in [0.2, 0.25) is 11.3 Å². The van der Waals surface area contributed by atoms with Crippen LogP contribution in [0.4, 0.5) is 5.82 Å². The van der Waals surface area contributed by atoms with Crippen LogP contribution in [0.2, 0.25) is 0 Å². The first kappa shape index (κ1) is 15.5. The van der Waals surface area contributed by atoms with Crippen LogP contribution in [-0.2, 0) is 0 Å². The first-order chi connectivity index (χ1) is 10.8. The van der Waals surface area contributed by atoms with E-state index in [0.717, 1.165) is 0 Å². The molecule has 3 rings (SSSR count). The van der Waals surface area contributed by atoms with Crippen molar-refractivity contribution < 1.29 is 14.4 Å². The number of nitrogens with zero attached hydrogens (tertiary/aromatic N) is 3. The lowest BCUT2D eigenvalue weighted by Gasteiger charge is -2.40. The first-order valence-electron chi connectivity index (χ1n) is 6.84. The fourth-order valence-corrected chi connectivity index (χ4v) is 3.13. The summed E-state index contributed by atoms with van der Waals surface area (Å²) in [5, 5.41) is 19.7. The largest absolute Gasteiger partial charge is 0.548 e. The molecule has 0 amide bonds. The molecule has 0 saturated carbocycles. The number of hydrogen-bond donors (Lipinski definition) is 3. The van der Waals surface area contributed by atoms with Crippen molar-refractivity contribution >= 4 is 17.0 Å². The second-order valence-corrected chi connectivity index (χ2v) is 6.65. The maximum absolute atomic E-state index is 11.4. The molecule has 1 aromatic heterocycles. The third-order valence-corrected chi connectivity index (χ3v) is 4.45. The first-order valence-corrected chi connectivity index (χ1v) is 7.94. The number of nitrogens with one attached hydrogen (secondary N) is 1. The highest BCUT2D eigenvalue weighted by atomic mass is 32.2. The summed E-state index contributed by atoms with van der Waals surface area (Å²) in [6, 6.07) is 6.24. The van der Waals surface area contributed by atoms with Gasteiger partial charge in [-0.2, -0.15) is 5.26 Å². The molecule has 0 saturated heterocycles. The van der Waals surface area contributed by atoms with E-state index in [1.807, 2.05) is 6.07 Å². The van der Waals surface area contributed by atoms with E-state index in [-0.39, 0.29) is 11.3 Å². The number of anilines is 1. The quantitative estimate of drug-likeness (QED) is 0.657. The highest BCUT2D eigenvalue weighted by Gasteiger charge is 2.43. The molecule has 0 bridgehead atoms. The van der Waals surface area contributed by atoms with Crippen molar-refractivity contribution in [3.63, 3.8) is 0 Å². The van der Waals surface area contributed by atoms with E-state index in [0.29, 0.717) is 16.9 Å². The maximum Gasteiger partial charge on any atom is 0.229 e. The van der Waals surface area contributed by atoms with Crippen LogP contribution < -0.4 is 16.0 Å². The Morgan fingerprint density at radius 3 is 2.91 bits per heavy atom. The molecule has 1 aliphatic rings. The molecular weight excluding hydrogens is 318 g/mol. The van der Waals surface area contributed by atoms with Gasteiger partial charge in [-0.25, -0.2) is 0 Å². The lowest BCUT2D eigenvalue weighted by molar-refractivity contribution is -0.0573. The van der Waals surface area contributed by atoms with Gasteiger partial charge >= 0.3 is 0 Å². The van der Waals surface area contributed by atoms with Gasteiger partial charge in [0, 0.05) is 9.94 Å². The van der Waals surface area contributed by atoms with E-state index in [4.69, 9.17) is 15.7 Å². The molecule has 4 N–H and O–H groups in total. The molecule has 120 valence electrons. The summed E-state index contributed by atoms with van der Waals surface area (Å²) in [6.45, 7) is 3.48. The molecule has 3 atom stereocenters. The van der Waals surface area contributed by atoms with Crippen LogP contribution in [0, 0.1) is 11.3 Å². The number of hydrogen-bond acceptors (Lipinski definition) is 7. The zero-order chi connectivity index (χ0) is 16.8. The lowest BCUT2D eigenvalue weighted by atomic mass is 9.86. The minimum Gasteiger partial charge on any atom is -0.548 e. The molecule has 1 aliphatic heterocycles. The Morgan fingerprint density at radius 1 is 1.57 bits per heavy atom. The number of rotatable bonds is 1. The predicted molar refractivity (Wildman–Crippen MR) is 81.8 cm³/mol. The number of aliphatic hydroxyl groups excluding tert-OH is 1. The molecule has 2 heterocycles. The molecule has 8 nitrogen and oxygen atoms in total. The van der Waals surface area contributed by atoms with Gasteiger partial charge in [-0.1, -0.05) is 0 Å². The summed E-state index contributed by atoms with van der Waals surface area (Å²) in [5.41, 5.74) is 5.93. The zero-order valence-corrected chi connectivity index (χ0v) is 13.3. The van der Waals surface area contributed by atoms with Crippen LogP contribution in [0.25, 0.3) is 0 Å². The summed E-state index contributed by atoms with van der Waals surface area (Å²) < 4.78 is 23.4. The van der Waals surface area contributed by atoms with Crippen LogP contribution in [-0.4, -0.2) is 30.1 Å². The van der Waals surface area contributed by atoms with E-state index in [1.165, 1.54) is 0 Å². The number of nitrogen functional groups attached to an aromatic ring is 1. The number of benzene rings is 1. The third kappa shape index (κ3) is 2.68. The summed E-state index contributed by atoms with van der Waals surface area (Å²) in [6.07, 6.45) is -0.986. The Kier molecular flexibility index (Phi) is 3.60.